The number of imidazole rings is 1. The molecule has 19 heavy (non-hydrogen) atoms. The second kappa shape index (κ2) is 6.21. The Hall–Kier alpha value is -1.34. The fraction of sp³-hybridized carbons (Fsp3) is 0.733. The maximum Gasteiger partial charge on any atom is 0.114 e. The van der Waals surface area contributed by atoms with Gasteiger partial charge in [-0.1, -0.05) is 32.1 Å². The van der Waals surface area contributed by atoms with Crippen LogP contribution in [0.3, 0.4) is 0 Å². The van der Waals surface area contributed by atoms with Crippen LogP contribution in [0.1, 0.15) is 63.7 Å². The van der Waals surface area contributed by atoms with Crippen LogP contribution in [-0.2, 0) is 6.54 Å². The highest BCUT2D eigenvalue weighted by Crippen LogP contribution is 2.43. The minimum Gasteiger partial charge on any atom is -0.385 e. The molecule has 0 aromatic carbocycles. The number of aromatic nitrogens is 2. The van der Waals surface area contributed by atoms with E-state index < -0.39 is 11.5 Å². The highest BCUT2D eigenvalue weighted by Gasteiger charge is 2.40. The van der Waals surface area contributed by atoms with Crippen molar-refractivity contribution in [1.29, 1.82) is 5.26 Å². The summed E-state index contributed by atoms with van der Waals surface area (Å²) in [6, 6.07) is 2.43. The number of nitrogens with zero attached hydrogens (tertiary/aromatic N) is 3. The molecular formula is C15H23N3O. The van der Waals surface area contributed by atoms with Gasteiger partial charge in [-0.2, -0.15) is 5.26 Å². The molecule has 0 spiro atoms. The van der Waals surface area contributed by atoms with Crippen LogP contribution in [0.25, 0.3) is 0 Å². The van der Waals surface area contributed by atoms with Gasteiger partial charge in [-0.3, -0.25) is 0 Å². The zero-order chi connectivity index (χ0) is 13.7. The van der Waals surface area contributed by atoms with Gasteiger partial charge in [0, 0.05) is 6.54 Å². The normalized spacial score (nSPS) is 21.1. The summed E-state index contributed by atoms with van der Waals surface area (Å²) in [5, 5.41) is 20.4. The maximum absolute atomic E-state index is 10.7. The van der Waals surface area contributed by atoms with Crippen LogP contribution >= 0.6 is 0 Å². The molecule has 2 rings (SSSR count). The summed E-state index contributed by atoms with van der Waals surface area (Å²) in [5.74, 6) is 0. The number of hydrogen-bond donors (Lipinski definition) is 1. The van der Waals surface area contributed by atoms with E-state index in [9.17, 15) is 10.4 Å². The van der Waals surface area contributed by atoms with Gasteiger partial charge in [0.1, 0.15) is 6.10 Å². The second-order valence-electron chi connectivity index (χ2n) is 5.54. The van der Waals surface area contributed by atoms with Crippen molar-refractivity contribution in [3.8, 4) is 6.07 Å². The largest absolute Gasteiger partial charge is 0.385 e. The Morgan fingerprint density at radius 2 is 2.00 bits per heavy atom. The van der Waals surface area contributed by atoms with E-state index in [0.29, 0.717) is 0 Å². The smallest absolute Gasteiger partial charge is 0.114 e. The predicted molar refractivity (Wildman–Crippen MR) is 73.2 cm³/mol. The predicted octanol–water partition coefficient (Wildman–Crippen LogP) is 3.19. The van der Waals surface area contributed by atoms with E-state index in [1.54, 1.807) is 12.5 Å². The van der Waals surface area contributed by atoms with E-state index in [1.165, 1.54) is 19.3 Å². The molecule has 1 fully saturated rings. The lowest BCUT2D eigenvalue weighted by Gasteiger charge is -2.33. The number of aliphatic hydroxyl groups excluding tert-OH is 1. The average molecular weight is 261 g/mol. The van der Waals surface area contributed by atoms with Crippen LogP contribution in [-0.4, -0.2) is 14.7 Å². The summed E-state index contributed by atoms with van der Waals surface area (Å²) in [6.45, 7) is 2.79. The first kappa shape index (κ1) is 14.1. The van der Waals surface area contributed by atoms with Crippen molar-refractivity contribution in [3.63, 3.8) is 0 Å². The van der Waals surface area contributed by atoms with E-state index in [-0.39, 0.29) is 0 Å². The van der Waals surface area contributed by atoms with Gasteiger partial charge in [0.15, 0.2) is 0 Å². The minimum absolute atomic E-state index is 0.632. The summed E-state index contributed by atoms with van der Waals surface area (Å²) >= 11 is 0. The van der Waals surface area contributed by atoms with Crippen LogP contribution in [0, 0.1) is 16.7 Å². The van der Waals surface area contributed by atoms with Crippen LogP contribution < -0.4 is 0 Å². The molecule has 1 aromatic rings. The van der Waals surface area contributed by atoms with Crippen molar-refractivity contribution in [2.45, 2.75) is 64.5 Å². The summed E-state index contributed by atoms with van der Waals surface area (Å²) in [5.41, 5.74) is 0.150. The van der Waals surface area contributed by atoms with Crippen molar-refractivity contribution < 1.29 is 5.11 Å². The Bertz CT molecular complexity index is 438. The number of nitriles is 1. The van der Waals surface area contributed by atoms with E-state index in [1.807, 2.05) is 11.5 Å². The molecule has 1 aromatic heterocycles. The maximum atomic E-state index is 10.7. The zero-order valence-corrected chi connectivity index (χ0v) is 11.7. The molecule has 0 radical (unpaired) electrons. The van der Waals surface area contributed by atoms with Gasteiger partial charge in [-0.05, 0) is 19.8 Å². The van der Waals surface area contributed by atoms with Gasteiger partial charge in [0.2, 0.25) is 0 Å². The minimum atomic E-state index is -0.724. The standard InChI is InChI=1S/C15H23N3O/c1-2-18-12-17-10-13(18)14(19)15(11-16)8-6-4-3-5-7-9-15/h10,12,14,19H,2-9H2,1H3. The van der Waals surface area contributed by atoms with E-state index in [0.717, 1.165) is 37.9 Å². The first-order valence-corrected chi connectivity index (χ1v) is 7.33. The number of hydrogen-bond acceptors (Lipinski definition) is 3. The quantitative estimate of drug-likeness (QED) is 0.909. The summed E-state index contributed by atoms with van der Waals surface area (Å²) < 4.78 is 1.93. The molecular weight excluding hydrogens is 238 g/mol. The highest BCUT2D eigenvalue weighted by atomic mass is 16.3. The topological polar surface area (TPSA) is 61.8 Å². The van der Waals surface area contributed by atoms with E-state index in [2.05, 4.69) is 11.1 Å². The van der Waals surface area contributed by atoms with Crippen molar-refractivity contribution in [3.05, 3.63) is 18.2 Å². The molecule has 1 unspecified atom stereocenters. The molecule has 0 saturated heterocycles. The van der Waals surface area contributed by atoms with Crippen molar-refractivity contribution in [2.24, 2.45) is 5.41 Å². The lowest BCUT2D eigenvalue weighted by Crippen LogP contribution is -2.30. The molecule has 1 aliphatic rings. The fourth-order valence-electron chi connectivity index (χ4n) is 3.09. The van der Waals surface area contributed by atoms with E-state index >= 15 is 0 Å². The number of rotatable bonds is 3. The molecule has 4 nitrogen and oxygen atoms in total. The Balaban J connectivity index is 2.26. The second-order valence-corrected chi connectivity index (χ2v) is 5.54. The Morgan fingerprint density at radius 3 is 2.58 bits per heavy atom. The highest BCUT2D eigenvalue weighted by molar-refractivity contribution is 5.15. The number of aliphatic hydroxyl groups is 1. The molecule has 1 aliphatic carbocycles. The molecule has 0 amide bonds. The van der Waals surface area contributed by atoms with Gasteiger partial charge in [0.05, 0.1) is 29.7 Å². The van der Waals surface area contributed by atoms with Gasteiger partial charge in [-0.25, -0.2) is 4.98 Å². The van der Waals surface area contributed by atoms with Crippen molar-refractivity contribution in [1.82, 2.24) is 9.55 Å². The third-order valence-corrected chi connectivity index (χ3v) is 4.36. The molecule has 104 valence electrons. The van der Waals surface area contributed by atoms with Gasteiger partial charge < -0.3 is 9.67 Å². The molecule has 1 heterocycles. The first-order chi connectivity index (χ1) is 9.23. The monoisotopic (exact) mass is 261 g/mol. The molecule has 1 saturated carbocycles. The van der Waals surface area contributed by atoms with Crippen molar-refractivity contribution in [2.75, 3.05) is 0 Å². The molecule has 1 atom stereocenters. The number of aryl methyl sites for hydroxylation is 1. The van der Waals surface area contributed by atoms with Crippen molar-refractivity contribution >= 4 is 0 Å². The Morgan fingerprint density at radius 1 is 1.37 bits per heavy atom. The molecule has 4 heteroatoms. The van der Waals surface area contributed by atoms with Gasteiger partial charge in [0.25, 0.3) is 0 Å². The molecule has 1 N–H and O–H groups in total. The SMILES string of the molecule is CCn1cncc1C(O)C1(C#N)CCCCCCC1. The van der Waals surface area contributed by atoms with Gasteiger partial charge >= 0.3 is 0 Å². The lowest BCUT2D eigenvalue weighted by molar-refractivity contribution is 0.0374. The summed E-state index contributed by atoms with van der Waals surface area (Å²) in [6.07, 6.45) is 9.95. The molecule has 0 aliphatic heterocycles. The Kier molecular flexibility index (Phi) is 4.60. The van der Waals surface area contributed by atoms with Crippen LogP contribution in [0.15, 0.2) is 12.5 Å². The van der Waals surface area contributed by atoms with Crippen LogP contribution in [0.5, 0.6) is 0 Å². The van der Waals surface area contributed by atoms with Crippen LogP contribution in [0.4, 0.5) is 0 Å². The zero-order valence-electron chi connectivity index (χ0n) is 11.7. The van der Waals surface area contributed by atoms with Gasteiger partial charge in [-0.15, -0.1) is 0 Å². The third-order valence-electron chi connectivity index (χ3n) is 4.36. The first-order valence-electron chi connectivity index (χ1n) is 7.33. The Labute approximate surface area is 115 Å². The van der Waals surface area contributed by atoms with Crippen LogP contribution in [0.2, 0.25) is 0 Å². The third kappa shape index (κ3) is 2.82. The van der Waals surface area contributed by atoms with E-state index in [4.69, 9.17) is 0 Å². The molecule has 0 bridgehead atoms. The summed E-state index contributed by atoms with van der Waals surface area (Å²) in [4.78, 5) is 4.11. The summed E-state index contributed by atoms with van der Waals surface area (Å²) in [7, 11) is 0. The lowest BCUT2D eigenvalue weighted by atomic mass is 9.72. The average Bonchev–Trinajstić information content (AvgIpc) is 2.87. The fourth-order valence-corrected chi connectivity index (χ4v) is 3.09.